The lowest BCUT2D eigenvalue weighted by Crippen LogP contribution is -2.23. The Morgan fingerprint density at radius 2 is 2.17 bits per heavy atom. The van der Waals surface area contributed by atoms with Gasteiger partial charge in [-0.25, -0.2) is 9.97 Å². The van der Waals surface area contributed by atoms with Gasteiger partial charge >= 0.3 is 0 Å². The molecule has 0 aliphatic carbocycles. The van der Waals surface area contributed by atoms with Crippen LogP contribution in [0.5, 0.6) is 0 Å². The van der Waals surface area contributed by atoms with Crippen molar-refractivity contribution in [3.63, 3.8) is 0 Å². The minimum atomic E-state index is 0.661. The quantitative estimate of drug-likeness (QED) is 0.758. The zero-order valence-corrected chi connectivity index (χ0v) is 14.0. The number of fused-ring (bicyclic) bond motifs is 1. The lowest BCUT2D eigenvalue weighted by atomic mass is 10.1. The molecule has 1 aliphatic rings. The highest BCUT2D eigenvalue weighted by Crippen LogP contribution is 2.22. The highest BCUT2D eigenvalue weighted by Gasteiger charge is 2.23. The van der Waals surface area contributed by atoms with Crippen LogP contribution in [0.25, 0.3) is 11.0 Å². The van der Waals surface area contributed by atoms with Crippen LogP contribution in [0.3, 0.4) is 0 Å². The molecule has 2 aromatic heterocycles. The van der Waals surface area contributed by atoms with E-state index in [9.17, 15) is 0 Å². The largest absolute Gasteiger partial charge is 0.368 e. The number of nitrogens with zero attached hydrogens (tertiary/aromatic N) is 3. The fourth-order valence-electron chi connectivity index (χ4n) is 3.50. The highest BCUT2D eigenvalue weighted by molar-refractivity contribution is 5.85. The summed E-state index contributed by atoms with van der Waals surface area (Å²) >= 11 is 0. The zero-order chi connectivity index (χ0) is 16.4. The van der Waals surface area contributed by atoms with E-state index in [1.807, 2.05) is 12.3 Å². The van der Waals surface area contributed by atoms with Gasteiger partial charge in [0.05, 0.1) is 5.52 Å². The van der Waals surface area contributed by atoms with Crippen molar-refractivity contribution in [1.29, 1.82) is 0 Å². The second-order valence-electron chi connectivity index (χ2n) is 6.66. The van der Waals surface area contributed by atoms with E-state index in [2.05, 4.69) is 56.4 Å². The van der Waals surface area contributed by atoms with Gasteiger partial charge in [0.15, 0.2) is 5.82 Å². The van der Waals surface area contributed by atoms with E-state index in [0.29, 0.717) is 5.92 Å². The molecular formula is C19H23N5. The molecule has 0 saturated carbocycles. The molecule has 3 aromatic rings. The van der Waals surface area contributed by atoms with Crippen LogP contribution in [0.15, 0.2) is 42.9 Å². The van der Waals surface area contributed by atoms with Crippen molar-refractivity contribution < 1.29 is 0 Å². The van der Waals surface area contributed by atoms with E-state index in [1.165, 1.54) is 24.1 Å². The number of aryl methyl sites for hydroxylation is 1. The Hall–Kier alpha value is -2.40. The van der Waals surface area contributed by atoms with Crippen molar-refractivity contribution in [2.75, 3.05) is 25.0 Å². The van der Waals surface area contributed by atoms with Gasteiger partial charge < -0.3 is 10.3 Å². The number of H-pyrrole nitrogens is 1. The van der Waals surface area contributed by atoms with Crippen LogP contribution in [-0.2, 0) is 6.54 Å². The van der Waals surface area contributed by atoms with Gasteiger partial charge in [0.1, 0.15) is 11.8 Å². The Labute approximate surface area is 142 Å². The van der Waals surface area contributed by atoms with E-state index < -0.39 is 0 Å². The fourth-order valence-corrected chi connectivity index (χ4v) is 3.50. The lowest BCUT2D eigenvalue weighted by molar-refractivity contribution is 0.318. The number of aromatic nitrogens is 3. The molecule has 0 bridgehead atoms. The Morgan fingerprint density at radius 1 is 1.25 bits per heavy atom. The van der Waals surface area contributed by atoms with Crippen LogP contribution in [0.1, 0.15) is 17.5 Å². The maximum atomic E-state index is 4.37. The molecule has 24 heavy (non-hydrogen) atoms. The molecule has 124 valence electrons. The molecule has 1 aromatic carbocycles. The molecule has 5 heteroatoms. The number of anilines is 1. The fraction of sp³-hybridized carbons (Fsp3) is 0.368. The Kier molecular flexibility index (Phi) is 4.17. The average molecular weight is 321 g/mol. The number of rotatable bonds is 5. The summed E-state index contributed by atoms with van der Waals surface area (Å²) in [6, 6.07) is 10.7. The topological polar surface area (TPSA) is 56.8 Å². The minimum Gasteiger partial charge on any atom is -0.368 e. The van der Waals surface area contributed by atoms with Crippen LogP contribution < -0.4 is 5.32 Å². The Bertz CT molecular complexity index is 825. The molecule has 4 rings (SSSR count). The monoisotopic (exact) mass is 321 g/mol. The number of likely N-dealkylation sites (tertiary alicyclic amines) is 1. The van der Waals surface area contributed by atoms with Crippen molar-refractivity contribution in [1.82, 2.24) is 19.9 Å². The summed E-state index contributed by atoms with van der Waals surface area (Å²) in [5.74, 6) is 1.57. The molecule has 0 spiro atoms. The van der Waals surface area contributed by atoms with Crippen LogP contribution in [0.4, 0.5) is 5.82 Å². The number of aromatic amines is 1. The first kappa shape index (κ1) is 15.1. The van der Waals surface area contributed by atoms with Crippen molar-refractivity contribution in [2.24, 2.45) is 5.92 Å². The molecule has 0 amide bonds. The summed E-state index contributed by atoms with van der Waals surface area (Å²) in [6.07, 6.45) is 4.76. The van der Waals surface area contributed by atoms with Gasteiger partial charge in [-0.1, -0.05) is 24.3 Å². The predicted octanol–water partition coefficient (Wildman–Crippen LogP) is 3.20. The van der Waals surface area contributed by atoms with Gasteiger partial charge in [-0.2, -0.15) is 0 Å². The van der Waals surface area contributed by atoms with E-state index in [-0.39, 0.29) is 0 Å². The van der Waals surface area contributed by atoms with E-state index in [0.717, 1.165) is 36.5 Å². The number of hydrogen-bond acceptors (Lipinski definition) is 4. The Balaban J connectivity index is 1.34. The first-order valence-corrected chi connectivity index (χ1v) is 8.58. The number of hydrogen-bond donors (Lipinski definition) is 2. The van der Waals surface area contributed by atoms with Gasteiger partial charge in [-0.3, -0.25) is 4.90 Å². The van der Waals surface area contributed by atoms with Crippen LogP contribution >= 0.6 is 0 Å². The number of benzene rings is 1. The standard InChI is InChI=1S/C19H23N5/c1-14-4-2-3-5-16(14)12-24-9-7-15(11-24)10-21-19-18-17(6-8-20-18)22-13-23-19/h2-6,8,13,15,20H,7,9-12H2,1H3,(H,21,22,23). The van der Waals surface area contributed by atoms with Crippen molar-refractivity contribution >= 4 is 16.9 Å². The summed E-state index contributed by atoms with van der Waals surface area (Å²) < 4.78 is 0. The van der Waals surface area contributed by atoms with Crippen molar-refractivity contribution in [3.05, 3.63) is 54.0 Å². The molecule has 1 atom stereocenters. The summed E-state index contributed by atoms with van der Waals surface area (Å²) in [5.41, 5.74) is 4.77. The van der Waals surface area contributed by atoms with Crippen LogP contribution in [0.2, 0.25) is 0 Å². The van der Waals surface area contributed by atoms with Crippen LogP contribution in [0, 0.1) is 12.8 Å². The summed E-state index contributed by atoms with van der Waals surface area (Å²) in [4.78, 5) is 14.4. The SMILES string of the molecule is Cc1ccccc1CN1CCC(CNc2ncnc3cc[nH]c23)C1. The first-order valence-electron chi connectivity index (χ1n) is 8.58. The third-order valence-electron chi connectivity index (χ3n) is 4.93. The minimum absolute atomic E-state index is 0.661. The number of nitrogens with one attached hydrogen (secondary N) is 2. The molecule has 1 saturated heterocycles. The van der Waals surface area contributed by atoms with Crippen molar-refractivity contribution in [2.45, 2.75) is 19.9 Å². The van der Waals surface area contributed by atoms with Crippen LogP contribution in [-0.4, -0.2) is 39.5 Å². The van der Waals surface area contributed by atoms with E-state index in [1.54, 1.807) is 6.33 Å². The van der Waals surface area contributed by atoms with E-state index in [4.69, 9.17) is 0 Å². The summed E-state index contributed by atoms with van der Waals surface area (Å²) in [5, 5.41) is 3.50. The molecule has 5 nitrogen and oxygen atoms in total. The molecule has 2 N–H and O–H groups in total. The molecule has 1 fully saturated rings. The lowest BCUT2D eigenvalue weighted by Gasteiger charge is -2.18. The average Bonchev–Trinajstić information content (AvgIpc) is 3.24. The molecule has 0 radical (unpaired) electrons. The van der Waals surface area contributed by atoms with Gasteiger partial charge in [0.2, 0.25) is 0 Å². The molecular weight excluding hydrogens is 298 g/mol. The van der Waals surface area contributed by atoms with Gasteiger partial charge in [0, 0.05) is 25.8 Å². The second kappa shape index (κ2) is 6.61. The van der Waals surface area contributed by atoms with Gasteiger partial charge in [-0.05, 0) is 43.0 Å². The van der Waals surface area contributed by atoms with Crippen molar-refractivity contribution in [3.8, 4) is 0 Å². The maximum absolute atomic E-state index is 4.37. The Morgan fingerprint density at radius 3 is 3.08 bits per heavy atom. The molecule has 1 aliphatic heterocycles. The van der Waals surface area contributed by atoms with Gasteiger partial charge in [-0.15, -0.1) is 0 Å². The summed E-state index contributed by atoms with van der Waals surface area (Å²) in [7, 11) is 0. The zero-order valence-electron chi connectivity index (χ0n) is 14.0. The predicted molar refractivity (Wildman–Crippen MR) is 96.9 cm³/mol. The normalized spacial score (nSPS) is 18.3. The second-order valence-corrected chi connectivity index (χ2v) is 6.66. The van der Waals surface area contributed by atoms with E-state index >= 15 is 0 Å². The summed E-state index contributed by atoms with van der Waals surface area (Å²) in [6.45, 7) is 6.51. The first-order chi connectivity index (χ1) is 11.8. The molecule has 1 unspecified atom stereocenters. The third-order valence-corrected chi connectivity index (χ3v) is 4.93. The van der Waals surface area contributed by atoms with Gasteiger partial charge in [0.25, 0.3) is 0 Å². The smallest absolute Gasteiger partial charge is 0.153 e. The maximum Gasteiger partial charge on any atom is 0.153 e. The molecule has 3 heterocycles. The highest BCUT2D eigenvalue weighted by atomic mass is 15.2. The third kappa shape index (κ3) is 3.12.